The Morgan fingerprint density at radius 2 is 2.62 bits per heavy atom. The molecule has 1 aromatic rings. The van der Waals surface area contributed by atoms with Gasteiger partial charge in [0.1, 0.15) is 0 Å². The number of alkyl halides is 1. The maximum atomic E-state index is 5.49. The second kappa shape index (κ2) is 2.80. The Bertz CT molecular complexity index is 176. The average molecular weight is 212 g/mol. The molecule has 44 valence electrons. The molecule has 0 aliphatic rings. The van der Waals surface area contributed by atoms with Crippen molar-refractivity contribution in [1.29, 1.82) is 0 Å². The first-order valence-electron chi connectivity index (χ1n) is 1.99. The SMILES string of the molecule is ClCc1nscc1Br. The second-order valence-electron chi connectivity index (χ2n) is 1.24. The molecule has 1 aromatic heterocycles. The number of rotatable bonds is 1. The van der Waals surface area contributed by atoms with Gasteiger partial charge in [-0.1, -0.05) is 0 Å². The van der Waals surface area contributed by atoms with Crippen LogP contribution in [-0.4, -0.2) is 4.37 Å². The van der Waals surface area contributed by atoms with E-state index in [0.717, 1.165) is 10.2 Å². The van der Waals surface area contributed by atoms with E-state index in [-0.39, 0.29) is 0 Å². The molecule has 1 nitrogen and oxygen atoms in total. The number of nitrogens with zero attached hydrogens (tertiary/aromatic N) is 1. The van der Waals surface area contributed by atoms with Gasteiger partial charge in [0.05, 0.1) is 16.0 Å². The molecule has 4 heteroatoms. The van der Waals surface area contributed by atoms with E-state index in [1.54, 1.807) is 0 Å². The van der Waals surface area contributed by atoms with Crippen molar-refractivity contribution < 1.29 is 0 Å². The highest BCUT2D eigenvalue weighted by molar-refractivity contribution is 9.10. The zero-order valence-corrected chi connectivity index (χ0v) is 7.05. The predicted molar refractivity (Wildman–Crippen MR) is 39.4 cm³/mol. The summed E-state index contributed by atoms with van der Waals surface area (Å²) >= 11 is 10.2. The van der Waals surface area contributed by atoms with Gasteiger partial charge in [-0.2, -0.15) is 4.37 Å². The molecule has 0 aromatic carbocycles. The van der Waals surface area contributed by atoms with E-state index in [0.29, 0.717) is 5.88 Å². The third-order valence-corrected chi connectivity index (χ3v) is 2.63. The Balaban J connectivity index is 2.92. The fourth-order valence-electron chi connectivity index (χ4n) is 0.336. The molecule has 0 amide bonds. The maximum Gasteiger partial charge on any atom is 0.0831 e. The van der Waals surface area contributed by atoms with Crippen LogP contribution in [0.2, 0.25) is 0 Å². The molecule has 0 unspecified atom stereocenters. The van der Waals surface area contributed by atoms with Crippen molar-refractivity contribution >= 4 is 39.1 Å². The molecule has 0 saturated carbocycles. The number of hydrogen-bond acceptors (Lipinski definition) is 2. The van der Waals surface area contributed by atoms with E-state index in [4.69, 9.17) is 11.6 Å². The van der Waals surface area contributed by atoms with E-state index >= 15 is 0 Å². The summed E-state index contributed by atoms with van der Waals surface area (Å²) in [6, 6.07) is 0. The lowest BCUT2D eigenvalue weighted by Gasteiger charge is -1.82. The largest absolute Gasteiger partial charge is 0.195 e. The minimum Gasteiger partial charge on any atom is -0.195 e. The third kappa shape index (κ3) is 1.21. The van der Waals surface area contributed by atoms with Gasteiger partial charge in [0.2, 0.25) is 0 Å². The standard InChI is InChI=1S/C4H3BrClNS/c5-3-2-8-7-4(3)1-6/h2H,1H2. The van der Waals surface area contributed by atoms with Gasteiger partial charge >= 0.3 is 0 Å². The minimum atomic E-state index is 0.490. The van der Waals surface area contributed by atoms with Crippen molar-refractivity contribution in [2.75, 3.05) is 0 Å². The molecule has 0 saturated heterocycles. The van der Waals surface area contributed by atoms with Gasteiger partial charge in [0.25, 0.3) is 0 Å². The predicted octanol–water partition coefficient (Wildman–Crippen LogP) is 2.64. The topological polar surface area (TPSA) is 12.9 Å². The molecule has 0 aliphatic carbocycles. The average Bonchev–Trinajstić information content (AvgIpc) is 2.14. The highest BCUT2D eigenvalue weighted by Crippen LogP contribution is 2.18. The Kier molecular flexibility index (Phi) is 2.28. The molecule has 0 bridgehead atoms. The molecule has 1 rings (SSSR count). The second-order valence-corrected chi connectivity index (χ2v) is 2.99. The van der Waals surface area contributed by atoms with Gasteiger partial charge in [-0.25, -0.2) is 0 Å². The molecule has 0 atom stereocenters. The van der Waals surface area contributed by atoms with E-state index in [2.05, 4.69) is 20.3 Å². The Morgan fingerprint density at radius 3 is 2.88 bits per heavy atom. The van der Waals surface area contributed by atoms with Gasteiger partial charge in [-0.15, -0.1) is 11.6 Å². The van der Waals surface area contributed by atoms with Crippen molar-refractivity contribution in [3.05, 3.63) is 15.5 Å². The fourth-order valence-corrected chi connectivity index (χ4v) is 1.94. The highest BCUT2D eigenvalue weighted by Gasteiger charge is 1.97. The zero-order chi connectivity index (χ0) is 5.98. The third-order valence-electron chi connectivity index (χ3n) is 0.721. The monoisotopic (exact) mass is 211 g/mol. The van der Waals surface area contributed by atoms with Crippen LogP contribution in [0.3, 0.4) is 0 Å². The van der Waals surface area contributed by atoms with Crippen LogP contribution in [0.4, 0.5) is 0 Å². The highest BCUT2D eigenvalue weighted by atomic mass is 79.9. The smallest absolute Gasteiger partial charge is 0.0831 e. The number of halogens is 2. The quantitative estimate of drug-likeness (QED) is 0.652. The molecule has 0 spiro atoms. The lowest BCUT2D eigenvalue weighted by molar-refractivity contribution is 1.27. The van der Waals surface area contributed by atoms with Gasteiger partial charge < -0.3 is 0 Å². The van der Waals surface area contributed by atoms with Crippen LogP contribution >= 0.6 is 39.1 Å². The first-order chi connectivity index (χ1) is 3.84. The lowest BCUT2D eigenvalue weighted by Crippen LogP contribution is -1.73. The van der Waals surface area contributed by atoms with Crippen LogP contribution in [0.1, 0.15) is 5.69 Å². The summed E-state index contributed by atoms with van der Waals surface area (Å²) in [6.45, 7) is 0. The summed E-state index contributed by atoms with van der Waals surface area (Å²) < 4.78 is 5.01. The van der Waals surface area contributed by atoms with Gasteiger partial charge in [-0.05, 0) is 27.5 Å². The van der Waals surface area contributed by atoms with Crippen molar-refractivity contribution in [2.45, 2.75) is 5.88 Å². The van der Waals surface area contributed by atoms with Crippen LogP contribution in [0.25, 0.3) is 0 Å². The molecule has 0 radical (unpaired) electrons. The summed E-state index contributed by atoms with van der Waals surface area (Å²) in [5.41, 5.74) is 0.927. The Morgan fingerprint density at radius 1 is 1.88 bits per heavy atom. The Hall–Kier alpha value is 0.400. The molecule has 0 fully saturated rings. The maximum absolute atomic E-state index is 5.49. The summed E-state index contributed by atoms with van der Waals surface area (Å²) in [4.78, 5) is 0. The fraction of sp³-hybridized carbons (Fsp3) is 0.250. The van der Waals surface area contributed by atoms with Gasteiger partial charge in [-0.3, -0.25) is 0 Å². The van der Waals surface area contributed by atoms with Crippen molar-refractivity contribution in [1.82, 2.24) is 4.37 Å². The molecule has 1 heterocycles. The van der Waals surface area contributed by atoms with E-state index in [1.807, 2.05) is 5.38 Å². The number of hydrogen-bond donors (Lipinski definition) is 0. The van der Waals surface area contributed by atoms with Crippen LogP contribution < -0.4 is 0 Å². The van der Waals surface area contributed by atoms with Crippen LogP contribution in [-0.2, 0) is 5.88 Å². The zero-order valence-electron chi connectivity index (χ0n) is 3.90. The molecule has 0 N–H and O–H groups in total. The van der Waals surface area contributed by atoms with E-state index < -0.39 is 0 Å². The molecular weight excluding hydrogens is 209 g/mol. The van der Waals surface area contributed by atoms with Gasteiger partial charge in [0, 0.05) is 5.38 Å². The normalized spacial score (nSPS) is 9.75. The minimum absolute atomic E-state index is 0.490. The van der Waals surface area contributed by atoms with Crippen LogP contribution in [0.5, 0.6) is 0 Å². The van der Waals surface area contributed by atoms with Crippen molar-refractivity contribution in [3.63, 3.8) is 0 Å². The van der Waals surface area contributed by atoms with Crippen molar-refractivity contribution in [2.24, 2.45) is 0 Å². The first-order valence-corrected chi connectivity index (χ1v) is 4.15. The number of aromatic nitrogens is 1. The molecule has 8 heavy (non-hydrogen) atoms. The summed E-state index contributed by atoms with van der Waals surface area (Å²) in [5, 5.41) is 1.91. The summed E-state index contributed by atoms with van der Waals surface area (Å²) in [7, 11) is 0. The van der Waals surface area contributed by atoms with E-state index in [9.17, 15) is 0 Å². The van der Waals surface area contributed by atoms with Crippen LogP contribution in [0, 0.1) is 0 Å². The van der Waals surface area contributed by atoms with E-state index in [1.165, 1.54) is 11.5 Å². The van der Waals surface area contributed by atoms with Gasteiger partial charge in [0.15, 0.2) is 0 Å². The Labute approximate surface area is 65.0 Å². The summed E-state index contributed by atoms with van der Waals surface area (Å²) in [6.07, 6.45) is 0. The summed E-state index contributed by atoms with van der Waals surface area (Å²) in [5.74, 6) is 0.490. The van der Waals surface area contributed by atoms with Crippen LogP contribution in [0.15, 0.2) is 9.85 Å². The molecular formula is C4H3BrClNS. The lowest BCUT2D eigenvalue weighted by atomic mass is 10.5. The van der Waals surface area contributed by atoms with Crippen molar-refractivity contribution in [3.8, 4) is 0 Å². The molecule has 0 aliphatic heterocycles. The first kappa shape index (κ1) is 6.52.